The van der Waals surface area contributed by atoms with Crippen molar-refractivity contribution in [1.82, 2.24) is 4.90 Å². The van der Waals surface area contributed by atoms with Gasteiger partial charge in [0, 0.05) is 9.86 Å². The van der Waals surface area contributed by atoms with Gasteiger partial charge in [0.15, 0.2) is 0 Å². The van der Waals surface area contributed by atoms with Crippen LogP contribution in [0.5, 0.6) is 0 Å². The van der Waals surface area contributed by atoms with Crippen LogP contribution < -0.4 is 5.73 Å². The van der Waals surface area contributed by atoms with Crippen LogP contribution in [0.3, 0.4) is 0 Å². The van der Waals surface area contributed by atoms with E-state index >= 15 is 0 Å². The van der Waals surface area contributed by atoms with Crippen molar-refractivity contribution in [2.24, 2.45) is 5.73 Å². The fraction of sp³-hybridized carbons (Fsp3) is 0.429. The zero-order chi connectivity index (χ0) is 13.1. The number of furan rings is 1. The second-order valence-corrected chi connectivity index (χ2v) is 5.55. The number of benzene rings is 1. The van der Waals surface area contributed by atoms with Crippen LogP contribution >= 0.6 is 15.9 Å². The van der Waals surface area contributed by atoms with E-state index < -0.39 is 0 Å². The van der Waals surface area contributed by atoms with Gasteiger partial charge in [0.2, 0.25) is 0 Å². The Labute approximate surface area is 116 Å². The third kappa shape index (κ3) is 2.94. The van der Waals surface area contributed by atoms with Crippen molar-refractivity contribution < 1.29 is 4.42 Å². The third-order valence-electron chi connectivity index (χ3n) is 3.29. The first-order valence-corrected chi connectivity index (χ1v) is 7.00. The maximum absolute atomic E-state index is 5.89. The minimum atomic E-state index is 0.266. The molecule has 0 aliphatic rings. The molecule has 2 aromatic rings. The number of rotatable bonds is 5. The van der Waals surface area contributed by atoms with Gasteiger partial charge in [0.25, 0.3) is 0 Å². The van der Waals surface area contributed by atoms with Crippen molar-refractivity contribution >= 4 is 26.9 Å². The highest BCUT2D eigenvalue weighted by Crippen LogP contribution is 2.28. The van der Waals surface area contributed by atoms with Crippen LogP contribution in [0.1, 0.15) is 25.1 Å². The molecule has 98 valence electrons. The molecule has 0 spiro atoms. The topological polar surface area (TPSA) is 42.4 Å². The molecular weight excluding hydrogens is 292 g/mol. The molecule has 2 N–H and O–H groups in total. The minimum absolute atomic E-state index is 0.266. The lowest BCUT2D eigenvalue weighted by atomic mass is 10.2. The number of hydrogen-bond acceptors (Lipinski definition) is 3. The van der Waals surface area contributed by atoms with Crippen molar-refractivity contribution in [2.45, 2.75) is 19.4 Å². The van der Waals surface area contributed by atoms with E-state index in [4.69, 9.17) is 10.2 Å². The number of halogens is 1. The Morgan fingerprint density at radius 2 is 2.17 bits per heavy atom. The van der Waals surface area contributed by atoms with E-state index in [2.05, 4.69) is 46.9 Å². The number of nitrogens with zero attached hydrogens (tertiary/aromatic N) is 1. The fourth-order valence-electron chi connectivity index (χ4n) is 1.99. The van der Waals surface area contributed by atoms with Gasteiger partial charge in [-0.05, 0) is 57.7 Å². The summed E-state index contributed by atoms with van der Waals surface area (Å²) in [5.41, 5.74) is 6.48. The predicted octanol–water partition coefficient (Wildman–Crippen LogP) is 3.54. The lowest BCUT2D eigenvalue weighted by Gasteiger charge is -2.22. The average Bonchev–Trinajstić information content (AvgIpc) is 2.77. The van der Waals surface area contributed by atoms with Crippen molar-refractivity contribution in [2.75, 3.05) is 20.1 Å². The molecule has 0 radical (unpaired) electrons. The minimum Gasteiger partial charge on any atom is -0.459 e. The second-order valence-electron chi connectivity index (χ2n) is 4.63. The molecule has 0 saturated heterocycles. The van der Waals surface area contributed by atoms with Gasteiger partial charge in [0.1, 0.15) is 11.3 Å². The van der Waals surface area contributed by atoms with Crippen LogP contribution in [-0.2, 0) is 0 Å². The van der Waals surface area contributed by atoms with E-state index in [1.807, 2.05) is 12.1 Å². The van der Waals surface area contributed by atoms with E-state index in [0.29, 0.717) is 0 Å². The van der Waals surface area contributed by atoms with Gasteiger partial charge in [-0.25, -0.2) is 0 Å². The van der Waals surface area contributed by atoms with Gasteiger partial charge in [-0.15, -0.1) is 0 Å². The second kappa shape index (κ2) is 5.87. The van der Waals surface area contributed by atoms with Gasteiger partial charge >= 0.3 is 0 Å². The fourth-order valence-corrected chi connectivity index (χ4v) is 2.37. The Bertz CT molecular complexity index is 523. The van der Waals surface area contributed by atoms with Crippen LogP contribution in [-0.4, -0.2) is 25.0 Å². The maximum Gasteiger partial charge on any atom is 0.134 e. The van der Waals surface area contributed by atoms with Crippen molar-refractivity contribution in [3.05, 3.63) is 34.5 Å². The molecule has 4 heteroatoms. The first-order chi connectivity index (χ1) is 8.61. The number of nitrogens with two attached hydrogens (primary N) is 1. The van der Waals surface area contributed by atoms with Crippen LogP contribution in [0.25, 0.3) is 11.0 Å². The monoisotopic (exact) mass is 310 g/mol. The van der Waals surface area contributed by atoms with Crippen molar-refractivity contribution in [3.8, 4) is 0 Å². The summed E-state index contributed by atoms with van der Waals surface area (Å²) in [6.07, 6.45) is 1.01. The molecule has 0 amide bonds. The standard InChI is InChI=1S/C14H19BrN2O/c1-10(17(2)7-3-6-16)14-9-11-8-12(15)4-5-13(11)18-14/h4-5,8-10H,3,6-7,16H2,1-2H3. The highest BCUT2D eigenvalue weighted by atomic mass is 79.9. The van der Waals surface area contributed by atoms with Gasteiger partial charge in [-0.1, -0.05) is 15.9 Å². The van der Waals surface area contributed by atoms with Crippen LogP contribution in [0.2, 0.25) is 0 Å². The molecule has 1 aromatic heterocycles. The predicted molar refractivity (Wildman–Crippen MR) is 78.6 cm³/mol. The van der Waals surface area contributed by atoms with Crippen LogP contribution in [0.15, 0.2) is 33.2 Å². The zero-order valence-electron chi connectivity index (χ0n) is 10.8. The lowest BCUT2D eigenvalue weighted by molar-refractivity contribution is 0.233. The molecule has 18 heavy (non-hydrogen) atoms. The summed E-state index contributed by atoms with van der Waals surface area (Å²) < 4.78 is 6.97. The summed E-state index contributed by atoms with van der Waals surface area (Å²) in [4.78, 5) is 2.26. The first-order valence-electron chi connectivity index (χ1n) is 6.21. The molecule has 2 rings (SSSR count). The molecule has 0 aliphatic heterocycles. The first kappa shape index (κ1) is 13.6. The molecule has 0 saturated carbocycles. The number of hydrogen-bond donors (Lipinski definition) is 1. The van der Waals surface area contributed by atoms with E-state index in [9.17, 15) is 0 Å². The Balaban J connectivity index is 2.19. The maximum atomic E-state index is 5.89. The summed E-state index contributed by atoms with van der Waals surface area (Å²) in [5, 5.41) is 1.14. The summed E-state index contributed by atoms with van der Waals surface area (Å²) >= 11 is 3.48. The summed E-state index contributed by atoms with van der Waals surface area (Å²) in [7, 11) is 2.10. The highest BCUT2D eigenvalue weighted by Gasteiger charge is 2.15. The van der Waals surface area contributed by atoms with Gasteiger partial charge in [0.05, 0.1) is 6.04 Å². The molecule has 1 heterocycles. The normalized spacial score (nSPS) is 13.4. The molecule has 0 aliphatic carbocycles. The molecule has 1 atom stereocenters. The van der Waals surface area contributed by atoms with Crippen molar-refractivity contribution in [3.63, 3.8) is 0 Å². The zero-order valence-corrected chi connectivity index (χ0v) is 12.4. The molecule has 1 aromatic carbocycles. The van der Waals surface area contributed by atoms with E-state index in [-0.39, 0.29) is 6.04 Å². The largest absolute Gasteiger partial charge is 0.459 e. The SMILES string of the molecule is CC(c1cc2cc(Br)ccc2o1)N(C)CCCN. The van der Waals surface area contributed by atoms with Gasteiger partial charge in [-0.3, -0.25) is 4.90 Å². The molecule has 1 unspecified atom stereocenters. The van der Waals surface area contributed by atoms with E-state index in [0.717, 1.165) is 40.7 Å². The summed E-state index contributed by atoms with van der Waals surface area (Å²) in [6, 6.07) is 8.45. The van der Waals surface area contributed by atoms with Crippen LogP contribution in [0.4, 0.5) is 0 Å². The smallest absolute Gasteiger partial charge is 0.134 e. The quantitative estimate of drug-likeness (QED) is 0.918. The molecular formula is C14H19BrN2O. The van der Waals surface area contributed by atoms with Gasteiger partial charge < -0.3 is 10.2 Å². The van der Waals surface area contributed by atoms with E-state index in [1.165, 1.54) is 0 Å². The van der Waals surface area contributed by atoms with E-state index in [1.54, 1.807) is 0 Å². The highest BCUT2D eigenvalue weighted by molar-refractivity contribution is 9.10. The average molecular weight is 311 g/mol. The van der Waals surface area contributed by atoms with Crippen LogP contribution in [0, 0.1) is 0 Å². The Hall–Kier alpha value is -0.840. The molecule has 0 bridgehead atoms. The Kier molecular flexibility index (Phi) is 4.43. The Morgan fingerprint density at radius 3 is 2.89 bits per heavy atom. The summed E-state index contributed by atoms with van der Waals surface area (Å²) in [5.74, 6) is 1.00. The molecule has 0 fully saturated rings. The van der Waals surface area contributed by atoms with Gasteiger partial charge in [-0.2, -0.15) is 0 Å². The number of fused-ring (bicyclic) bond motifs is 1. The third-order valence-corrected chi connectivity index (χ3v) is 3.78. The Morgan fingerprint density at radius 1 is 1.39 bits per heavy atom. The lowest BCUT2D eigenvalue weighted by Crippen LogP contribution is -2.24. The molecule has 3 nitrogen and oxygen atoms in total. The van der Waals surface area contributed by atoms with Crippen molar-refractivity contribution in [1.29, 1.82) is 0 Å². The summed E-state index contributed by atoms with van der Waals surface area (Å²) in [6.45, 7) is 3.87.